The van der Waals surface area contributed by atoms with Crippen LogP contribution in [0, 0.1) is 35.5 Å². The zero-order valence-electron chi connectivity index (χ0n) is 11.0. The van der Waals surface area contributed by atoms with Crippen LogP contribution in [0.5, 0.6) is 0 Å². The summed E-state index contributed by atoms with van der Waals surface area (Å²) in [5.41, 5.74) is 0. The van der Waals surface area contributed by atoms with Crippen molar-refractivity contribution in [2.45, 2.75) is 39.5 Å². The number of hydrogen-bond donors (Lipinski definition) is 2. The summed E-state index contributed by atoms with van der Waals surface area (Å²) < 4.78 is 0. The summed E-state index contributed by atoms with van der Waals surface area (Å²) >= 11 is 0. The Hall–Kier alpha value is -1.06. The van der Waals surface area contributed by atoms with E-state index in [2.05, 4.69) is 0 Å². The number of fused-ring (bicyclic) bond motifs is 1. The van der Waals surface area contributed by atoms with Gasteiger partial charge in [0.05, 0.1) is 11.8 Å². The SMILES string of the molecule is CC1C2CCCCC2C(C(=O)O)C(C)C1C(=O)O. The van der Waals surface area contributed by atoms with Gasteiger partial charge in [-0.1, -0.05) is 26.7 Å². The molecular weight excluding hydrogens is 232 g/mol. The highest BCUT2D eigenvalue weighted by molar-refractivity contribution is 5.75. The molecule has 2 saturated carbocycles. The van der Waals surface area contributed by atoms with Crippen LogP contribution in [0.4, 0.5) is 0 Å². The monoisotopic (exact) mass is 254 g/mol. The van der Waals surface area contributed by atoms with Gasteiger partial charge in [0.25, 0.3) is 0 Å². The molecule has 0 heterocycles. The van der Waals surface area contributed by atoms with Crippen molar-refractivity contribution in [2.24, 2.45) is 35.5 Å². The van der Waals surface area contributed by atoms with E-state index in [0.717, 1.165) is 25.7 Å². The summed E-state index contributed by atoms with van der Waals surface area (Å²) in [5, 5.41) is 18.8. The molecule has 2 aliphatic carbocycles. The van der Waals surface area contributed by atoms with Crippen molar-refractivity contribution in [1.29, 1.82) is 0 Å². The van der Waals surface area contributed by atoms with Gasteiger partial charge in [-0.3, -0.25) is 9.59 Å². The Morgan fingerprint density at radius 1 is 0.833 bits per heavy atom. The molecule has 0 saturated heterocycles. The molecule has 4 nitrogen and oxygen atoms in total. The Balaban J connectivity index is 2.34. The average molecular weight is 254 g/mol. The molecule has 0 aromatic rings. The van der Waals surface area contributed by atoms with E-state index in [4.69, 9.17) is 0 Å². The summed E-state index contributed by atoms with van der Waals surface area (Å²) in [6.07, 6.45) is 4.13. The van der Waals surface area contributed by atoms with E-state index in [1.165, 1.54) is 0 Å². The van der Waals surface area contributed by atoms with Crippen molar-refractivity contribution in [3.8, 4) is 0 Å². The average Bonchev–Trinajstić information content (AvgIpc) is 2.28. The van der Waals surface area contributed by atoms with Crippen LogP contribution in [0.2, 0.25) is 0 Å². The largest absolute Gasteiger partial charge is 0.481 e. The van der Waals surface area contributed by atoms with Gasteiger partial charge < -0.3 is 10.2 Å². The molecule has 2 rings (SSSR count). The second-order valence-corrected chi connectivity index (χ2v) is 6.06. The molecule has 0 aromatic carbocycles. The molecule has 0 bridgehead atoms. The summed E-state index contributed by atoms with van der Waals surface area (Å²) in [5.74, 6) is -2.34. The molecule has 2 N–H and O–H groups in total. The molecule has 0 aliphatic heterocycles. The van der Waals surface area contributed by atoms with Gasteiger partial charge in [0.1, 0.15) is 0 Å². The Labute approximate surface area is 107 Å². The first-order chi connectivity index (χ1) is 8.45. The molecular formula is C14H22O4. The lowest BCUT2D eigenvalue weighted by molar-refractivity contribution is -0.163. The zero-order valence-corrected chi connectivity index (χ0v) is 11.0. The van der Waals surface area contributed by atoms with Crippen LogP contribution in [0.3, 0.4) is 0 Å². The van der Waals surface area contributed by atoms with Crippen molar-refractivity contribution >= 4 is 11.9 Å². The number of carboxylic acid groups (broad SMARTS) is 2. The van der Waals surface area contributed by atoms with Crippen LogP contribution in [0.1, 0.15) is 39.5 Å². The first-order valence-electron chi connectivity index (χ1n) is 6.90. The standard InChI is InChI=1S/C14H22O4/c1-7-9-5-3-4-6-10(9)12(14(17)18)8(2)11(7)13(15)16/h7-12H,3-6H2,1-2H3,(H,15,16)(H,17,18). The topological polar surface area (TPSA) is 74.6 Å². The Bertz CT molecular complexity index is 352. The second kappa shape index (κ2) is 4.90. The predicted molar refractivity (Wildman–Crippen MR) is 66.0 cm³/mol. The quantitative estimate of drug-likeness (QED) is 0.794. The molecule has 0 amide bonds. The third-order valence-corrected chi connectivity index (χ3v) is 5.28. The fourth-order valence-electron chi connectivity index (χ4n) is 4.50. The van der Waals surface area contributed by atoms with Gasteiger partial charge in [-0.05, 0) is 36.5 Å². The van der Waals surface area contributed by atoms with E-state index < -0.39 is 23.8 Å². The molecule has 0 spiro atoms. The Morgan fingerprint density at radius 2 is 1.33 bits per heavy atom. The van der Waals surface area contributed by atoms with Crippen LogP contribution in [0.15, 0.2) is 0 Å². The van der Waals surface area contributed by atoms with Crippen LogP contribution >= 0.6 is 0 Å². The van der Waals surface area contributed by atoms with Crippen LogP contribution in [-0.4, -0.2) is 22.2 Å². The van der Waals surface area contributed by atoms with Crippen LogP contribution < -0.4 is 0 Å². The first kappa shape index (κ1) is 13.4. The fraction of sp³-hybridized carbons (Fsp3) is 0.857. The molecule has 6 atom stereocenters. The van der Waals surface area contributed by atoms with E-state index in [1.54, 1.807) is 6.92 Å². The Kier molecular flexibility index (Phi) is 3.64. The highest BCUT2D eigenvalue weighted by Gasteiger charge is 2.52. The van der Waals surface area contributed by atoms with Gasteiger partial charge in [0, 0.05) is 0 Å². The van der Waals surface area contributed by atoms with Crippen molar-refractivity contribution in [1.82, 2.24) is 0 Å². The highest BCUT2D eigenvalue weighted by Crippen LogP contribution is 2.51. The summed E-state index contributed by atoms with van der Waals surface area (Å²) in [6.45, 7) is 3.80. The van der Waals surface area contributed by atoms with Crippen molar-refractivity contribution < 1.29 is 19.8 Å². The number of rotatable bonds is 2. The number of aliphatic carboxylic acids is 2. The highest BCUT2D eigenvalue weighted by atomic mass is 16.4. The number of carbonyl (C=O) groups is 2. The Morgan fingerprint density at radius 3 is 1.83 bits per heavy atom. The molecule has 0 aromatic heterocycles. The zero-order chi connectivity index (χ0) is 13.4. The van der Waals surface area contributed by atoms with Gasteiger partial charge in [-0.2, -0.15) is 0 Å². The lowest BCUT2D eigenvalue weighted by Crippen LogP contribution is -2.50. The normalized spacial score (nSPS) is 44.1. The van der Waals surface area contributed by atoms with E-state index in [0.29, 0.717) is 0 Å². The van der Waals surface area contributed by atoms with Gasteiger partial charge in [-0.25, -0.2) is 0 Å². The van der Waals surface area contributed by atoms with Crippen LogP contribution in [0.25, 0.3) is 0 Å². The molecule has 18 heavy (non-hydrogen) atoms. The number of carboxylic acids is 2. The minimum absolute atomic E-state index is 0.0957. The third kappa shape index (κ3) is 2.02. The maximum Gasteiger partial charge on any atom is 0.307 e. The van der Waals surface area contributed by atoms with Crippen molar-refractivity contribution in [3.05, 3.63) is 0 Å². The first-order valence-corrected chi connectivity index (χ1v) is 6.90. The fourth-order valence-corrected chi connectivity index (χ4v) is 4.50. The minimum Gasteiger partial charge on any atom is -0.481 e. The van der Waals surface area contributed by atoms with E-state index in [9.17, 15) is 19.8 Å². The molecule has 102 valence electrons. The third-order valence-electron chi connectivity index (χ3n) is 5.28. The molecule has 4 heteroatoms. The second-order valence-electron chi connectivity index (χ2n) is 6.06. The van der Waals surface area contributed by atoms with E-state index in [1.807, 2.05) is 6.92 Å². The van der Waals surface area contributed by atoms with E-state index in [-0.39, 0.29) is 23.7 Å². The summed E-state index contributed by atoms with van der Waals surface area (Å²) in [6, 6.07) is 0. The van der Waals surface area contributed by atoms with Gasteiger partial charge in [0.2, 0.25) is 0 Å². The van der Waals surface area contributed by atoms with Crippen molar-refractivity contribution in [2.75, 3.05) is 0 Å². The number of hydrogen-bond acceptors (Lipinski definition) is 2. The maximum atomic E-state index is 11.5. The van der Waals surface area contributed by atoms with E-state index >= 15 is 0 Å². The molecule has 0 radical (unpaired) electrons. The lowest BCUT2D eigenvalue weighted by Gasteiger charge is -2.49. The van der Waals surface area contributed by atoms with Crippen LogP contribution in [-0.2, 0) is 9.59 Å². The smallest absolute Gasteiger partial charge is 0.307 e. The molecule has 6 unspecified atom stereocenters. The maximum absolute atomic E-state index is 11.5. The summed E-state index contributed by atoms with van der Waals surface area (Å²) in [7, 11) is 0. The predicted octanol–water partition coefficient (Wildman–Crippen LogP) is 2.48. The van der Waals surface area contributed by atoms with Crippen molar-refractivity contribution in [3.63, 3.8) is 0 Å². The minimum atomic E-state index is -0.828. The molecule has 2 fully saturated rings. The van der Waals surface area contributed by atoms with Gasteiger partial charge >= 0.3 is 11.9 Å². The lowest BCUT2D eigenvalue weighted by atomic mass is 9.54. The molecule has 2 aliphatic rings. The van der Waals surface area contributed by atoms with Gasteiger partial charge in [-0.15, -0.1) is 0 Å². The summed E-state index contributed by atoms with van der Waals surface area (Å²) in [4.78, 5) is 22.9. The van der Waals surface area contributed by atoms with Gasteiger partial charge in [0.15, 0.2) is 0 Å².